The molecule has 3 N–H and O–H groups in total. The Bertz CT molecular complexity index is 842. The molecule has 0 radical (unpaired) electrons. The molecule has 1 aliphatic carbocycles. The summed E-state index contributed by atoms with van der Waals surface area (Å²) < 4.78 is 5.45. The number of rotatable bonds is 5. The Hall–Kier alpha value is -2.31. The molecule has 0 saturated heterocycles. The van der Waals surface area contributed by atoms with Crippen molar-refractivity contribution in [2.75, 3.05) is 5.32 Å². The molecule has 25 heavy (non-hydrogen) atoms. The number of carboxylic acid groups (broad SMARTS) is 1. The lowest BCUT2D eigenvalue weighted by atomic mass is 10.1. The Morgan fingerprint density at radius 3 is 2.48 bits per heavy atom. The standard InChI is InChI=1S/C18H18ClNO5/c1-18(2)14(15(18)17(23)24)16(22)20-9-3-5-11(12(19)7-9)13-6-4-10(8-21)25-13/h3-7,14-15,21H,8H2,1-2H3,(H,20,22)(H,23,24)/t14-,15+/m1/s1. The molecule has 6 nitrogen and oxygen atoms in total. The molecule has 7 heteroatoms. The van der Waals surface area contributed by atoms with Crippen molar-refractivity contribution in [1.82, 2.24) is 0 Å². The summed E-state index contributed by atoms with van der Waals surface area (Å²) in [5.41, 5.74) is 0.559. The van der Waals surface area contributed by atoms with E-state index in [4.69, 9.17) is 21.1 Å². The number of hydrogen-bond donors (Lipinski definition) is 3. The van der Waals surface area contributed by atoms with Crippen molar-refractivity contribution in [3.8, 4) is 11.3 Å². The maximum Gasteiger partial charge on any atom is 0.307 e. The third-order valence-electron chi connectivity index (χ3n) is 4.70. The fourth-order valence-electron chi connectivity index (χ4n) is 3.21. The van der Waals surface area contributed by atoms with Crippen LogP contribution in [-0.2, 0) is 16.2 Å². The van der Waals surface area contributed by atoms with E-state index >= 15 is 0 Å². The van der Waals surface area contributed by atoms with Crippen molar-refractivity contribution in [3.05, 3.63) is 41.1 Å². The zero-order chi connectivity index (χ0) is 18.4. The number of carbonyl (C=O) groups is 2. The predicted molar refractivity (Wildman–Crippen MR) is 92.1 cm³/mol. The van der Waals surface area contributed by atoms with Crippen molar-refractivity contribution < 1.29 is 24.2 Å². The minimum Gasteiger partial charge on any atom is -0.481 e. The molecule has 2 aromatic rings. The lowest BCUT2D eigenvalue weighted by molar-refractivity contribution is -0.140. The number of furan rings is 1. The summed E-state index contributed by atoms with van der Waals surface area (Å²) in [6.07, 6.45) is 0. The van der Waals surface area contributed by atoms with E-state index in [9.17, 15) is 14.7 Å². The van der Waals surface area contributed by atoms with E-state index in [0.29, 0.717) is 27.8 Å². The summed E-state index contributed by atoms with van der Waals surface area (Å²) in [4.78, 5) is 23.5. The first-order chi connectivity index (χ1) is 11.8. The summed E-state index contributed by atoms with van der Waals surface area (Å²) in [5.74, 6) is -1.60. The molecule has 1 fully saturated rings. The third kappa shape index (κ3) is 3.15. The lowest BCUT2D eigenvalue weighted by Gasteiger charge is -2.08. The minimum atomic E-state index is -0.962. The predicted octanol–water partition coefficient (Wildman–Crippen LogP) is 3.39. The Balaban J connectivity index is 1.75. The van der Waals surface area contributed by atoms with Crippen LogP contribution in [0.25, 0.3) is 11.3 Å². The van der Waals surface area contributed by atoms with E-state index in [0.717, 1.165) is 0 Å². The Kier molecular flexibility index (Phi) is 4.34. The molecular formula is C18H18ClNO5. The maximum absolute atomic E-state index is 12.3. The van der Waals surface area contributed by atoms with Gasteiger partial charge >= 0.3 is 5.97 Å². The molecule has 1 heterocycles. The van der Waals surface area contributed by atoms with E-state index in [1.54, 1.807) is 44.2 Å². The topological polar surface area (TPSA) is 99.8 Å². The summed E-state index contributed by atoms with van der Waals surface area (Å²) in [6, 6.07) is 8.31. The van der Waals surface area contributed by atoms with Crippen molar-refractivity contribution in [1.29, 1.82) is 0 Å². The number of carboxylic acids is 1. The molecule has 1 saturated carbocycles. The molecule has 1 aliphatic rings. The van der Waals surface area contributed by atoms with Crippen LogP contribution in [0.3, 0.4) is 0 Å². The van der Waals surface area contributed by atoms with Gasteiger partial charge < -0.3 is 19.9 Å². The second-order valence-electron chi connectivity index (χ2n) is 6.72. The van der Waals surface area contributed by atoms with Crippen LogP contribution in [0.5, 0.6) is 0 Å². The molecule has 0 aliphatic heterocycles. The van der Waals surface area contributed by atoms with Gasteiger partial charge in [-0.1, -0.05) is 25.4 Å². The molecule has 132 valence electrons. The van der Waals surface area contributed by atoms with E-state index in [2.05, 4.69) is 5.32 Å². The number of benzene rings is 1. The first-order valence-electron chi connectivity index (χ1n) is 7.79. The van der Waals surface area contributed by atoms with E-state index in [-0.39, 0.29) is 12.5 Å². The Labute approximate surface area is 149 Å². The van der Waals surface area contributed by atoms with Gasteiger partial charge in [-0.15, -0.1) is 0 Å². The molecule has 3 rings (SSSR count). The molecule has 0 spiro atoms. The van der Waals surface area contributed by atoms with Gasteiger partial charge in [0.1, 0.15) is 18.1 Å². The fourth-order valence-corrected chi connectivity index (χ4v) is 3.48. The lowest BCUT2D eigenvalue weighted by Crippen LogP contribution is -2.17. The van der Waals surface area contributed by atoms with Gasteiger partial charge in [-0.2, -0.15) is 0 Å². The SMILES string of the molecule is CC1(C)[C@H](C(=O)O)[C@@H]1C(=O)Nc1ccc(-c2ccc(CO)o2)c(Cl)c1. The molecular weight excluding hydrogens is 346 g/mol. The van der Waals surface area contributed by atoms with Crippen LogP contribution in [0.1, 0.15) is 19.6 Å². The molecule has 1 aromatic carbocycles. The van der Waals surface area contributed by atoms with Gasteiger partial charge in [0.25, 0.3) is 0 Å². The van der Waals surface area contributed by atoms with E-state index < -0.39 is 23.2 Å². The number of hydrogen-bond acceptors (Lipinski definition) is 4. The fraction of sp³-hybridized carbons (Fsp3) is 0.333. The Morgan fingerprint density at radius 2 is 1.96 bits per heavy atom. The Morgan fingerprint density at radius 1 is 1.24 bits per heavy atom. The van der Waals surface area contributed by atoms with Crippen LogP contribution >= 0.6 is 11.6 Å². The van der Waals surface area contributed by atoms with Gasteiger partial charge in [-0.05, 0) is 35.7 Å². The quantitative estimate of drug-likeness (QED) is 0.756. The average molecular weight is 364 g/mol. The smallest absolute Gasteiger partial charge is 0.307 e. The minimum absolute atomic E-state index is 0.201. The summed E-state index contributed by atoms with van der Waals surface area (Å²) in [6.45, 7) is 3.33. The van der Waals surface area contributed by atoms with Crippen LogP contribution < -0.4 is 5.32 Å². The van der Waals surface area contributed by atoms with Gasteiger partial charge in [0.15, 0.2) is 0 Å². The van der Waals surface area contributed by atoms with Gasteiger partial charge in [0.2, 0.25) is 5.91 Å². The average Bonchev–Trinajstić information content (AvgIpc) is 2.90. The summed E-state index contributed by atoms with van der Waals surface area (Å²) in [5, 5.41) is 21.3. The van der Waals surface area contributed by atoms with Gasteiger partial charge in [0.05, 0.1) is 16.9 Å². The number of aliphatic hydroxyl groups is 1. The highest BCUT2D eigenvalue weighted by Crippen LogP contribution is 2.58. The maximum atomic E-state index is 12.3. The van der Waals surface area contributed by atoms with Crippen LogP contribution in [0, 0.1) is 17.3 Å². The number of nitrogens with one attached hydrogen (secondary N) is 1. The highest BCUT2D eigenvalue weighted by atomic mass is 35.5. The van der Waals surface area contributed by atoms with Crippen LogP contribution in [0.4, 0.5) is 5.69 Å². The molecule has 1 aromatic heterocycles. The molecule has 0 bridgehead atoms. The molecule has 1 amide bonds. The zero-order valence-electron chi connectivity index (χ0n) is 13.7. The van der Waals surface area contributed by atoms with Crippen LogP contribution in [0.2, 0.25) is 5.02 Å². The van der Waals surface area contributed by atoms with Crippen molar-refractivity contribution >= 4 is 29.2 Å². The number of carbonyl (C=O) groups excluding carboxylic acids is 1. The van der Waals surface area contributed by atoms with Crippen molar-refractivity contribution in [2.24, 2.45) is 17.3 Å². The summed E-state index contributed by atoms with van der Waals surface area (Å²) >= 11 is 6.26. The number of anilines is 1. The second-order valence-corrected chi connectivity index (χ2v) is 7.13. The number of aliphatic hydroxyl groups excluding tert-OH is 1. The molecule has 2 atom stereocenters. The number of halogens is 1. The first kappa shape index (κ1) is 17.5. The van der Waals surface area contributed by atoms with Crippen molar-refractivity contribution in [2.45, 2.75) is 20.5 Å². The highest BCUT2D eigenvalue weighted by Gasteiger charge is 2.65. The highest BCUT2D eigenvalue weighted by molar-refractivity contribution is 6.33. The number of amides is 1. The van der Waals surface area contributed by atoms with Gasteiger partial charge in [-0.3, -0.25) is 9.59 Å². The van der Waals surface area contributed by atoms with Crippen LogP contribution in [-0.4, -0.2) is 22.1 Å². The number of aliphatic carboxylic acids is 1. The first-order valence-corrected chi connectivity index (χ1v) is 8.16. The monoisotopic (exact) mass is 363 g/mol. The zero-order valence-corrected chi connectivity index (χ0v) is 14.5. The second kappa shape index (κ2) is 6.20. The largest absolute Gasteiger partial charge is 0.481 e. The third-order valence-corrected chi connectivity index (χ3v) is 5.01. The van der Waals surface area contributed by atoms with Crippen LogP contribution in [0.15, 0.2) is 34.7 Å². The summed E-state index contributed by atoms with van der Waals surface area (Å²) in [7, 11) is 0. The molecule has 0 unspecified atom stereocenters. The normalized spacial score (nSPS) is 21.0. The van der Waals surface area contributed by atoms with E-state index in [1.165, 1.54) is 0 Å². The van der Waals surface area contributed by atoms with Crippen molar-refractivity contribution in [3.63, 3.8) is 0 Å². The van der Waals surface area contributed by atoms with Gasteiger partial charge in [-0.25, -0.2) is 0 Å². The van der Waals surface area contributed by atoms with E-state index in [1.807, 2.05) is 0 Å². The van der Waals surface area contributed by atoms with Gasteiger partial charge in [0, 0.05) is 11.3 Å².